The van der Waals surface area contributed by atoms with Gasteiger partial charge in [-0.2, -0.15) is 0 Å². The van der Waals surface area contributed by atoms with E-state index < -0.39 is 85.2 Å². The third-order valence-electron chi connectivity index (χ3n) is 5.28. The van der Waals surface area contributed by atoms with Gasteiger partial charge in [-0.1, -0.05) is 30.3 Å². The van der Waals surface area contributed by atoms with Crippen LogP contribution in [0.25, 0.3) is 0 Å². The molecule has 0 fully saturated rings. The van der Waals surface area contributed by atoms with Crippen LogP contribution >= 0.6 is 0 Å². The molecule has 0 aliphatic carbocycles. The van der Waals surface area contributed by atoms with Gasteiger partial charge in [0, 0.05) is 19.3 Å². The zero-order valence-electron chi connectivity index (χ0n) is 20.1. The van der Waals surface area contributed by atoms with Gasteiger partial charge < -0.3 is 42.1 Å². The van der Waals surface area contributed by atoms with Gasteiger partial charge in [0.25, 0.3) is 0 Å². The van der Waals surface area contributed by atoms with Gasteiger partial charge >= 0.3 is 17.9 Å². The summed E-state index contributed by atoms with van der Waals surface area (Å²) in [5.41, 5.74) is 6.16. The topological polar surface area (TPSA) is 245 Å². The van der Waals surface area contributed by atoms with Crippen LogP contribution in [0.1, 0.15) is 38.2 Å². The van der Waals surface area contributed by atoms with Gasteiger partial charge in [0.05, 0.1) is 6.10 Å². The smallest absolute Gasteiger partial charge is 0.326 e. The molecule has 1 aromatic rings. The highest BCUT2D eigenvalue weighted by atomic mass is 16.4. The average molecular weight is 525 g/mol. The lowest BCUT2D eigenvalue weighted by Crippen LogP contribution is -2.58. The molecule has 0 radical (unpaired) electrons. The van der Waals surface area contributed by atoms with E-state index in [9.17, 15) is 39.0 Å². The quantitative estimate of drug-likeness (QED) is 0.120. The van der Waals surface area contributed by atoms with Crippen molar-refractivity contribution in [2.45, 2.75) is 69.3 Å². The molecular weight excluding hydrogens is 492 g/mol. The molecule has 0 spiro atoms. The van der Waals surface area contributed by atoms with Crippen molar-refractivity contribution in [1.82, 2.24) is 16.0 Å². The first-order valence-corrected chi connectivity index (χ1v) is 11.4. The molecule has 0 heterocycles. The number of aliphatic hydroxyl groups excluding tert-OH is 1. The van der Waals surface area contributed by atoms with E-state index in [-0.39, 0.29) is 12.8 Å². The van der Waals surface area contributed by atoms with E-state index in [4.69, 9.17) is 15.9 Å². The van der Waals surface area contributed by atoms with Gasteiger partial charge in [0.1, 0.15) is 24.2 Å². The van der Waals surface area contributed by atoms with Crippen molar-refractivity contribution in [3.05, 3.63) is 35.9 Å². The predicted molar refractivity (Wildman–Crippen MR) is 127 cm³/mol. The van der Waals surface area contributed by atoms with E-state index in [1.54, 1.807) is 30.3 Å². The molecule has 5 unspecified atom stereocenters. The van der Waals surface area contributed by atoms with Crippen LogP contribution in [0.2, 0.25) is 0 Å². The summed E-state index contributed by atoms with van der Waals surface area (Å²) in [5, 5.41) is 43.6. The maximum atomic E-state index is 13.0. The van der Waals surface area contributed by atoms with E-state index >= 15 is 0 Å². The molecule has 0 aromatic heterocycles. The summed E-state index contributed by atoms with van der Waals surface area (Å²) in [7, 11) is 0. The zero-order chi connectivity index (χ0) is 28.1. The van der Waals surface area contributed by atoms with Gasteiger partial charge in [-0.05, 0) is 25.3 Å². The second-order valence-corrected chi connectivity index (χ2v) is 8.34. The summed E-state index contributed by atoms with van der Waals surface area (Å²) >= 11 is 0. The Bertz CT molecular complexity index is 970. The molecule has 1 aromatic carbocycles. The Morgan fingerprint density at radius 2 is 1.22 bits per heavy atom. The van der Waals surface area contributed by atoms with Crippen LogP contribution < -0.4 is 21.7 Å². The number of aliphatic hydroxyl groups is 1. The van der Waals surface area contributed by atoms with Crippen LogP contribution in [-0.2, 0) is 35.2 Å². The Kier molecular flexibility index (Phi) is 12.7. The van der Waals surface area contributed by atoms with Crippen molar-refractivity contribution in [3.8, 4) is 0 Å². The summed E-state index contributed by atoms with van der Waals surface area (Å²) in [6, 6.07) is 2.59. The van der Waals surface area contributed by atoms with Crippen LogP contribution in [-0.4, -0.2) is 86.3 Å². The number of nitrogens with one attached hydrogen (secondary N) is 3. The third kappa shape index (κ3) is 11.5. The van der Waals surface area contributed by atoms with Crippen LogP contribution in [0.3, 0.4) is 0 Å². The number of amides is 3. The highest BCUT2D eigenvalue weighted by Crippen LogP contribution is 2.08. The lowest BCUT2D eigenvalue weighted by Gasteiger charge is -2.25. The molecule has 9 N–H and O–H groups in total. The minimum atomic E-state index is -1.55. The van der Waals surface area contributed by atoms with Crippen LogP contribution in [0, 0.1) is 0 Å². The van der Waals surface area contributed by atoms with E-state index in [2.05, 4.69) is 16.0 Å². The van der Waals surface area contributed by atoms with E-state index in [0.29, 0.717) is 5.56 Å². The summed E-state index contributed by atoms with van der Waals surface area (Å²) in [4.78, 5) is 71.7. The molecule has 14 heteroatoms. The van der Waals surface area contributed by atoms with Crippen molar-refractivity contribution in [2.75, 3.05) is 0 Å². The zero-order valence-corrected chi connectivity index (χ0v) is 20.1. The van der Waals surface area contributed by atoms with Crippen LogP contribution in [0.4, 0.5) is 0 Å². The summed E-state index contributed by atoms with van der Waals surface area (Å²) in [6.07, 6.45) is -3.19. The maximum Gasteiger partial charge on any atom is 0.326 e. The molecule has 0 aliphatic heterocycles. The fourth-order valence-electron chi connectivity index (χ4n) is 3.15. The van der Waals surface area contributed by atoms with Crippen molar-refractivity contribution < 1.29 is 49.2 Å². The average Bonchev–Trinajstić information content (AvgIpc) is 2.82. The SMILES string of the molecule is CC(O)C(N)C(=O)NC(CCC(=O)O)C(=O)NC(Cc1ccccc1)C(=O)NC(CCC(=O)O)C(=O)O. The number of carbonyl (C=O) groups is 6. The molecule has 37 heavy (non-hydrogen) atoms. The number of aliphatic carboxylic acids is 3. The second-order valence-electron chi connectivity index (χ2n) is 8.34. The Labute approximate surface area is 212 Å². The lowest BCUT2D eigenvalue weighted by atomic mass is 10.0. The first kappa shape index (κ1) is 31.0. The standard InChI is InChI=1S/C23H32N4O10/c1-12(28)19(24)22(35)25-14(7-9-17(29)30)20(33)27-16(11-13-5-3-2-4-6-13)21(34)26-15(23(36)37)8-10-18(31)32/h2-6,12,14-16,19,28H,7-11,24H2,1H3,(H,25,35)(H,26,34)(H,27,33)(H,29,30)(H,31,32)(H,36,37). The van der Waals surface area contributed by atoms with Gasteiger partial charge in [0.2, 0.25) is 17.7 Å². The number of carboxylic acids is 3. The van der Waals surface area contributed by atoms with Crippen molar-refractivity contribution >= 4 is 35.6 Å². The third-order valence-corrected chi connectivity index (χ3v) is 5.28. The molecule has 0 saturated heterocycles. The highest BCUT2D eigenvalue weighted by Gasteiger charge is 2.31. The van der Waals surface area contributed by atoms with Crippen molar-refractivity contribution in [1.29, 1.82) is 0 Å². The minimum Gasteiger partial charge on any atom is -0.481 e. The second kappa shape index (κ2) is 15.2. The Balaban J connectivity index is 3.15. The van der Waals surface area contributed by atoms with Gasteiger partial charge in [-0.25, -0.2) is 4.79 Å². The fraction of sp³-hybridized carbons (Fsp3) is 0.478. The molecule has 0 aliphatic rings. The number of benzene rings is 1. The molecule has 0 saturated carbocycles. The molecular formula is C23H32N4O10. The van der Waals surface area contributed by atoms with E-state index in [1.165, 1.54) is 6.92 Å². The van der Waals surface area contributed by atoms with E-state index in [0.717, 1.165) is 0 Å². The molecule has 0 bridgehead atoms. The lowest BCUT2D eigenvalue weighted by molar-refractivity contribution is -0.143. The summed E-state index contributed by atoms with van der Waals surface area (Å²) in [5.74, 6) is -6.79. The molecule has 3 amide bonds. The van der Waals surface area contributed by atoms with Crippen molar-refractivity contribution in [2.24, 2.45) is 5.73 Å². The number of carboxylic acid groups (broad SMARTS) is 3. The minimum absolute atomic E-state index is 0.101. The fourth-order valence-corrected chi connectivity index (χ4v) is 3.15. The predicted octanol–water partition coefficient (Wildman–Crippen LogP) is -1.79. The Morgan fingerprint density at radius 3 is 1.70 bits per heavy atom. The highest BCUT2D eigenvalue weighted by molar-refractivity contribution is 5.94. The van der Waals surface area contributed by atoms with E-state index in [1.807, 2.05) is 0 Å². The van der Waals surface area contributed by atoms with Crippen LogP contribution in [0.15, 0.2) is 30.3 Å². The largest absolute Gasteiger partial charge is 0.481 e. The number of carbonyl (C=O) groups excluding carboxylic acids is 3. The monoisotopic (exact) mass is 524 g/mol. The summed E-state index contributed by atoms with van der Waals surface area (Å²) < 4.78 is 0. The molecule has 204 valence electrons. The van der Waals surface area contributed by atoms with Crippen LogP contribution in [0.5, 0.6) is 0 Å². The first-order valence-electron chi connectivity index (χ1n) is 11.4. The molecule has 5 atom stereocenters. The number of rotatable bonds is 16. The normalized spacial score (nSPS) is 14.8. The summed E-state index contributed by atoms with van der Waals surface area (Å²) in [6.45, 7) is 1.25. The van der Waals surface area contributed by atoms with Gasteiger partial charge in [-0.3, -0.25) is 24.0 Å². The Morgan fingerprint density at radius 1 is 0.757 bits per heavy atom. The van der Waals surface area contributed by atoms with Crippen molar-refractivity contribution in [3.63, 3.8) is 0 Å². The maximum absolute atomic E-state index is 13.0. The number of hydrogen-bond acceptors (Lipinski definition) is 8. The first-order chi connectivity index (χ1) is 17.3. The number of hydrogen-bond donors (Lipinski definition) is 8. The molecule has 1 rings (SSSR count). The van der Waals surface area contributed by atoms with Gasteiger partial charge in [-0.15, -0.1) is 0 Å². The number of nitrogens with two attached hydrogens (primary N) is 1. The Hall–Kier alpha value is -4.04. The molecule has 14 nitrogen and oxygen atoms in total. The van der Waals surface area contributed by atoms with Gasteiger partial charge in [0.15, 0.2) is 0 Å².